The number of piperidine rings is 1. The molecule has 0 saturated carbocycles. The second-order valence-electron chi connectivity index (χ2n) is 8.65. The fourth-order valence-electron chi connectivity index (χ4n) is 4.92. The fraction of sp³-hybridized carbons (Fsp3) is 0.458. The predicted molar refractivity (Wildman–Crippen MR) is 116 cm³/mol. The summed E-state index contributed by atoms with van der Waals surface area (Å²) in [4.78, 5) is 19.4. The Morgan fingerprint density at radius 3 is 2.31 bits per heavy atom. The van der Waals surface area contributed by atoms with E-state index in [1.165, 1.54) is 0 Å². The van der Waals surface area contributed by atoms with Gasteiger partial charge in [0.15, 0.2) is 0 Å². The number of hydrogen-bond donors (Lipinski definition) is 1. The van der Waals surface area contributed by atoms with Crippen LogP contribution in [0.25, 0.3) is 11.1 Å². The van der Waals surface area contributed by atoms with Crippen LogP contribution in [-0.2, 0) is 4.79 Å². The van der Waals surface area contributed by atoms with Crippen LogP contribution in [0.3, 0.4) is 0 Å². The number of aliphatic carboxylic acids is 1. The van der Waals surface area contributed by atoms with Crippen molar-refractivity contribution < 1.29 is 9.90 Å². The highest BCUT2D eigenvalue weighted by atomic mass is 16.4. The van der Waals surface area contributed by atoms with Crippen molar-refractivity contribution in [2.75, 3.05) is 46.8 Å². The van der Waals surface area contributed by atoms with Gasteiger partial charge in [-0.2, -0.15) is 0 Å². The van der Waals surface area contributed by atoms with Gasteiger partial charge in [-0.15, -0.1) is 0 Å². The first-order valence-electron chi connectivity index (χ1n) is 10.5. The number of nitrogens with zero attached hydrogens (tertiary/aromatic N) is 3. The van der Waals surface area contributed by atoms with Gasteiger partial charge in [-0.1, -0.05) is 48.5 Å². The average molecular weight is 394 g/mol. The zero-order chi connectivity index (χ0) is 20.4. The molecule has 2 saturated heterocycles. The molecule has 154 valence electrons. The molecule has 0 aromatic heterocycles. The minimum absolute atomic E-state index is 0.0789. The summed E-state index contributed by atoms with van der Waals surface area (Å²) in [5.41, 5.74) is 3.13. The summed E-state index contributed by atoms with van der Waals surface area (Å²) in [7, 11) is 4.37. The Morgan fingerprint density at radius 1 is 0.931 bits per heavy atom. The van der Waals surface area contributed by atoms with Crippen molar-refractivity contribution in [1.82, 2.24) is 14.7 Å². The topological polar surface area (TPSA) is 47.0 Å². The number of carbonyl (C=O) groups is 1. The Labute approximate surface area is 173 Å². The Hall–Kier alpha value is -2.21. The molecule has 5 heteroatoms. The van der Waals surface area contributed by atoms with E-state index in [2.05, 4.69) is 47.0 Å². The molecule has 29 heavy (non-hydrogen) atoms. The number of rotatable bonds is 4. The van der Waals surface area contributed by atoms with E-state index in [9.17, 15) is 9.90 Å². The van der Waals surface area contributed by atoms with Crippen molar-refractivity contribution in [1.29, 1.82) is 0 Å². The molecule has 1 atom stereocenters. The first kappa shape index (κ1) is 20.1. The molecule has 2 aliphatic heterocycles. The molecule has 1 N–H and O–H groups in total. The number of piperazine rings is 1. The van der Waals surface area contributed by atoms with Gasteiger partial charge in [-0.25, -0.2) is 0 Å². The van der Waals surface area contributed by atoms with E-state index in [1.807, 2.05) is 36.4 Å². The summed E-state index contributed by atoms with van der Waals surface area (Å²) in [5, 5.41) is 10.2. The van der Waals surface area contributed by atoms with Crippen LogP contribution in [0.4, 0.5) is 0 Å². The number of carboxylic acid groups (broad SMARTS) is 1. The van der Waals surface area contributed by atoms with Gasteiger partial charge in [0, 0.05) is 25.2 Å². The Morgan fingerprint density at radius 2 is 1.62 bits per heavy atom. The maximum atomic E-state index is 12.4. The molecular formula is C24H31N3O2. The van der Waals surface area contributed by atoms with Gasteiger partial charge in [0.1, 0.15) is 6.04 Å². The molecule has 1 spiro atoms. The van der Waals surface area contributed by atoms with E-state index in [-0.39, 0.29) is 5.54 Å². The minimum atomic E-state index is -0.761. The van der Waals surface area contributed by atoms with Gasteiger partial charge in [-0.05, 0) is 62.8 Å². The lowest BCUT2D eigenvalue weighted by Crippen LogP contribution is -2.64. The lowest BCUT2D eigenvalue weighted by Gasteiger charge is -2.53. The highest BCUT2D eigenvalue weighted by Gasteiger charge is 2.44. The van der Waals surface area contributed by atoms with Crippen molar-refractivity contribution >= 4 is 5.97 Å². The summed E-state index contributed by atoms with van der Waals surface area (Å²) in [6.07, 6.45) is 2.18. The third kappa shape index (κ3) is 4.08. The van der Waals surface area contributed by atoms with Gasteiger partial charge in [0.2, 0.25) is 0 Å². The number of benzene rings is 2. The maximum absolute atomic E-state index is 12.4. The van der Waals surface area contributed by atoms with Crippen LogP contribution in [-0.4, -0.2) is 78.1 Å². The molecule has 2 aromatic carbocycles. The largest absolute Gasteiger partial charge is 0.480 e. The first-order valence-corrected chi connectivity index (χ1v) is 10.5. The van der Waals surface area contributed by atoms with Crippen LogP contribution in [0.15, 0.2) is 54.6 Å². The highest BCUT2D eigenvalue weighted by Crippen LogP contribution is 2.35. The summed E-state index contributed by atoms with van der Waals surface area (Å²) in [5.74, 6) is -0.761. The predicted octanol–water partition coefficient (Wildman–Crippen LogP) is 3.19. The minimum Gasteiger partial charge on any atom is -0.480 e. The summed E-state index contributed by atoms with van der Waals surface area (Å²) in [6, 6.07) is 17.6. The molecule has 0 bridgehead atoms. The zero-order valence-electron chi connectivity index (χ0n) is 17.4. The van der Waals surface area contributed by atoms with Crippen LogP contribution in [0.1, 0.15) is 24.4 Å². The molecular weight excluding hydrogens is 362 g/mol. The summed E-state index contributed by atoms with van der Waals surface area (Å²) >= 11 is 0. The van der Waals surface area contributed by atoms with Gasteiger partial charge in [-0.3, -0.25) is 14.6 Å². The van der Waals surface area contributed by atoms with Crippen LogP contribution in [0.5, 0.6) is 0 Å². The number of likely N-dealkylation sites (tertiary alicyclic amines) is 1. The van der Waals surface area contributed by atoms with Crippen molar-refractivity contribution in [3.63, 3.8) is 0 Å². The van der Waals surface area contributed by atoms with Crippen LogP contribution in [0, 0.1) is 0 Å². The molecule has 1 unspecified atom stereocenters. The van der Waals surface area contributed by atoms with E-state index in [0.717, 1.165) is 62.3 Å². The monoisotopic (exact) mass is 393 g/mol. The summed E-state index contributed by atoms with van der Waals surface area (Å²) < 4.78 is 0. The Bertz CT molecular complexity index is 846. The van der Waals surface area contributed by atoms with Gasteiger partial charge >= 0.3 is 5.97 Å². The fourth-order valence-corrected chi connectivity index (χ4v) is 4.92. The molecule has 0 radical (unpaired) electrons. The number of carboxylic acids is 1. The van der Waals surface area contributed by atoms with E-state index in [1.54, 1.807) is 0 Å². The van der Waals surface area contributed by atoms with Crippen molar-refractivity contribution in [2.24, 2.45) is 0 Å². The molecule has 2 heterocycles. The molecule has 4 rings (SSSR count). The van der Waals surface area contributed by atoms with Gasteiger partial charge in [0.25, 0.3) is 0 Å². The van der Waals surface area contributed by atoms with E-state index >= 15 is 0 Å². The van der Waals surface area contributed by atoms with Crippen LogP contribution >= 0.6 is 0 Å². The Kier molecular flexibility index (Phi) is 5.72. The number of likely N-dealkylation sites (N-methyl/N-ethyl adjacent to an activating group) is 1. The highest BCUT2D eigenvalue weighted by molar-refractivity contribution is 5.77. The zero-order valence-corrected chi connectivity index (χ0v) is 17.4. The standard InChI is InChI=1S/C24H31N3O2/c1-25-13-11-24(12-14-25)18-27(16-15-26(24)2)22(23(28)29)21-10-6-9-20(17-21)19-7-4-3-5-8-19/h3-10,17,22H,11-16,18H2,1-2H3,(H,28,29). The SMILES string of the molecule is CN1CCC2(CC1)CN(C(C(=O)O)c1cccc(-c3ccccc3)c1)CCN2C. The first-order chi connectivity index (χ1) is 14.0. The smallest absolute Gasteiger partial charge is 0.325 e. The molecule has 5 nitrogen and oxygen atoms in total. The third-order valence-corrected chi connectivity index (χ3v) is 6.86. The summed E-state index contributed by atoms with van der Waals surface area (Å²) in [6.45, 7) is 4.63. The van der Waals surface area contributed by atoms with E-state index in [4.69, 9.17) is 0 Å². The maximum Gasteiger partial charge on any atom is 0.325 e. The van der Waals surface area contributed by atoms with Crippen molar-refractivity contribution in [3.8, 4) is 11.1 Å². The van der Waals surface area contributed by atoms with E-state index in [0.29, 0.717) is 0 Å². The second-order valence-corrected chi connectivity index (χ2v) is 8.65. The molecule has 2 aromatic rings. The third-order valence-electron chi connectivity index (χ3n) is 6.86. The number of hydrogen-bond acceptors (Lipinski definition) is 4. The van der Waals surface area contributed by atoms with Crippen molar-refractivity contribution in [3.05, 3.63) is 60.2 Å². The second kappa shape index (κ2) is 8.27. The lowest BCUT2D eigenvalue weighted by atomic mass is 9.83. The molecule has 0 aliphatic carbocycles. The van der Waals surface area contributed by atoms with Crippen LogP contribution < -0.4 is 0 Å². The van der Waals surface area contributed by atoms with Crippen LogP contribution in [0.2, 0.25) is 0 Å². The molecule has 2 fully saturated rings. The normalized spacial score (nSPS) is 21.9. The Balaban J connectivity index is 1.62. The van der Waals surface area contributed by atoms with Crippen molar-refractivity contribution in [2.45, 2.75) is 24.4 Å². The molecule has 2 aliphatic rings. The molecule has 0 amide bonds. The van der Waals surface area contributed by atoms with E-state index < -0.39 is 12.0 Å². The lowest BCUT2D eigenvalue weighted by molar-refractivity contribution is -0.146. The van der Waals surface area contributed by atoms with Gasteiger partial charge < -0.3 is 10.0 Å². The average Bonchev–Trinajstić information content (AvgIpc) is 2.74. The van der Waals surface area contributed by atoms with Gasteiger partial charge in [0.05, 0.1) is 0 Å². The quantitative estimate of drug-likeness (QED) is 0.864.